The van der Waals surface area contributed by atoms with Gasteiger partial charge in [0.1, 0.15) is 5.60 Å². The van der Waals surface area contributed by atoms with Gasteiger partial charge in [-0.3, -0.25) is 9.63 Å². The first kappa shape index (κ1) is 33.0. The van der Waals surface area contributed by atoms with Crippen molar-refractivity contribution < 1.29 is 14.4 Å². The fourth-order valence-corrected chi connectivity index (χ4v) is 5.25. The van der Waals surface area contributed by atoms with Crippen LogP contribution in [-0.2, 0) is 14.4 Å². The summed E-state index contributed by atoms with van der Waals surface area (Å²) in [4.78, 5) is 21.0. The molecule has 0 fully saturated rings. The number of carbonyl (C=O) groups excluding carboxylic acids is 1. The number of hydroxylamine groups is 2. The lowest BCUT2D eigenvalue weighted by molar-refractivity contribution is -0.314. The van der Waals surface area contributed by atoms with Gasteiger partial charge in [0.25, 0.3) is 0 Å². The van der Waals surface area contributed by atoms with E-state index < -0.39 is 17.1 Å². The highest BCUT2D eigenvalue weighted by Crippen LogP contribution is 2.45. The lowest BCUT2D eigenvalue weighted by atomic mass is 9.68. The third kappa shape index (κ3) is 9.18. The Hall–Kier alpha value is -2.17. The van der Waals surface area contributed by atoms with Gasteiger partial charge in [-0.15, -0.1) is 0 Å². The first-order chi connectivity index (χ1) is 17.8. The van der Waals surface area contributed by atoms with Crippen molar-refractivity contribution in [2.45, 2.75) is 125 Å². The van der Waals surface area contributed by atoms with Crippen LogP contribution in [0.2, 0.25) is 0 Å². The molecule has 0 amide bonds. The van der Waals surface area contributed by atoms with Crippen molar-refractivity contribution in [2.24, 2.45) is 17.3 Å². The third-order valence-electron chi connectivity index (χ3n) is 7.75. The maximum absolute atomic E-state index is 13.9. The van der Waals surface area contributed by atoms with E-state index in [1.54, 1.807) is 0 Å². The van der Waals surface area contributed by atoms with Gasteiger partial charge in [0.05, 0.1) is 17.6 Å². The standard InChI is InChI=1S/C35H55NO3/c1-25(2)30(28-22-18-15-19-23-28)36(32(4,5)6)39-35(12,13)29(31(37)38-33(7,8)9)24-34(10,11)26(3)27-20-16-14-17-21-27/h14-23,25-26,29-30H,24H2,1-13H3. The number of hydrogen-bond acceptors (Lipinski definition) is 4. The second kappa shape index (κ2) is 12.6. The van der Waals surface area contributed by atoms with Crippen molar-refractivity contribution in [2.75, 3.05) is 0 Å². The molecule has 0 aliphatic heterocycles. The monoisotopic (exact) mass is 537 g/mol. The number of esters is 1. The van der Waals surface area contributed by atoms with E-state index in [4.69, 9.17) is 9.57 Å². The number of nitrogens with zero attached hydrogens (tertiary/aromatic N) is 1. The van der Waals surface area contributed by atoms with Crippen LogP contribution < -0.4 is 0 Å². The number of carbonyl (C=O) groups is 1. The topological polar surface area (TPSA) is 38.8 Å². The summed E-state index contributed by atoms with van der Waals surface area (Å²) in [7, 11) is 0. The summed E-state index contributed by atoms with van der Waals surface area (Å²) >= 11 is 0. The SMILES string of the molecule is CC(C)C(c1ccccc1)N(OC(C)(C)C(CC(C)(C)C(C)c1ccccc1)C(=O)OC(C)(C)C)C(C)(C)C. The van der Waals surface area contributed by atoms with Crippen molar-refractivity contribution in [3.05, 3.63) is 71.8 Å². The Morgan fingerprint density at radius 2 is 1.21 bits per heavy atom. The molecule has 2 aromatic rings. The highest BCUT2D eigenvalue weighted by atomic mass is 16.7. The number of benzene rings is 2. The molecule has 0 aliphatic carbocycles. The largest absolute Gasteiger partial charge is 0.460 e. The second-order valence-corrected chi connectivity index (χ2v) is 14.7. The number of hydrogen-bond donors (Lipinski definition) is 0. The molecule has 0 aromatic heterocycles. The normalized spacial score (nSPS) is 15.8. The van der Waals surface area contributed by atoms with Gasteiger partial charge in [0.2, 0.25) is 0 Å². The zero-order valence-corrected chi connectivity index (χ0v) is 27.0. The first-order valence-electron chi connectivity index (χ1n) is 14.6. The van der Waals surface area contributed by atoms with E-state index in [9.17, 15) is 4.79 Å². The van der Waals surface area contributed by atoms with E-state index >= 15 is 0 Å². The van der Waals surface area contributed by atoms with Crippen molar-refractivity contribution in [3.8, 4) is 0 Å². The average Bonchev–Trinajstić information content (AvgIpc) is 2.81. The fraction of sp³-hybridized carbons (Fsp3) is 0.629. The molecule has 0 N–H and O–H groups in total. The second-order valence-electron chi connectivity index (χ2n) is 14.7. The quantitative estimate of drug-likeness (QED) is 0.211. The molecule has 0 heterocycles. The van der Waals surface area contributed by atoms with Crippen molar-refractivity contribution in [1.29, 1.82) is 0 Å². The molecular weight excluding hydrogens is 482 g/mol. The molecule has 0 aliphatic rings. The van der Waals surface area contributed by atoms with Crippen LogP contribution in [0.3, 0.4) is 0 Å². The Labute approximate surface area is 239 Å². The Morgan fingerprint density at radius 3 is 1.62 bits per heavy atom. The summed E-state index contributed by atoms with van der Waals surface area (Å²) in [5.41, 5.74) is 0.551. The van der Waals surface area contributed by atoms with Crippen LogP contribution in [-0.4, -0.2) is 27.8 Å². The van der Waals surface area contributed by atoms with E-state index in [1.807, 2.05) is 46.8 Å². The van der Waals surface area contributed by atoms with Crippen molar-refractivity contribution in [3.63, 3.8) is 0 Å². The highest BCUT2D eigenvalue weighted by Gasteiger charge is 2.47. The van der Waals surface area contributed by atoms with E-state index in [1.165, 1.54) is 11.1 Å². The minimum Gasteiger partial charge on any atom is -0.460 e. The predicted molar refractivity (Wildman–Crippen MR) is 163 cm³/mol. The summed E-state index contributed by atoms with van der Waals surface area (Å²) in [5.74, 6) is -0.162. The molecule has 2 rings (SSSR count). The molecule has 0 radical (unpaired) electrons. The molecule has 39 heavy (non-hydrogen) atoms. The summed E-state index contributed by atoms with van der Waals surface area (Å²) in [6.07, 6.45) is 0.626. The molecule has 0 bridgehead atoms. The maximum Gasteiger partial charge on any atom is 0.312 e. The Bertz CT molecular complexity index is 1030. The van der Waals surface area contributed by atoms with E-state index in [0.717, 1.165) is 0 Å². The van der Waals surface area contributed by atoms with Gasteiger partial charge < -0.3 is 4.74 Å². The van der Waals surface area contributed by atoms with Gasteiger partial charge in [-0.25, -0.2) is 0 Å². The van der Waals surface area contributed by atoms with Gasteiger partial charge in [0, 0.05) is 5.54 Å². The summed E-state index contributed by atoms with van der Waals surface area (Å²) in [5, 5.41) is 2.12. The van der Waals surface area contributed by atoms with Crippen LogP contribution >= 0.6 is 0 Å². The Morgan fingerprint density at radius 1 is 0.744 bits per heavy atom. The molecule has 0 saturated heterocycles. The van der Waals surface area contributed by atoms with Gasteiger partial charge in [-0.2, -0.15) is 5.06 Å². The Balaban J connectivity index is 2.54. The molecule has 218 valence electrons. The predicted octanol–water partition coefficient (Wildman–Crippen LogP) is 9.37. The third-order valence-corrected chi connectivity index (χ3v) is 7.75. The van der Waals surface area contributed by atoms with Crippen LogP contribution in [0, 0.1) is 17.3 Å². The molecule has 0 spiro atoms. The molecular formula is C35H55NO3. The first-order valence-corrected chi connectivity index (χ1v) is 14.6. The van der Waals surface area contributed by atoms with Crippen LogP contribution in [0.15, 0.2) is 60.7 Å². The van der Waals surface area contributed by atoms with E-state index in [-0.39, 0.29) is 34.8 Å². The van der Waals surface area contributed by atoms with Gasteiger partial charge in [-0.05, 0) is 90.2 Å². The smallest absolute Gasteiger partial charge is 0.312 e. The minimum absolute atomic E-state index is 0.0148. The van der Waals surface area contributed by atoms with E-state index in [0.29, 0.717) is 6.42 Å². The van der Waals surface area contributed by atoms with Crippen LogP contribution in [0.4, 0.5) is 0 Å². The average molecular weight is 538 g/mol. The minimum atomic E-state index is -0.828. The Kier molecular flexibility index (Phi) is 10.6. The summed E-state index contributed by atoms with van der Waals surface area (Å²) in [6.45, 7) is 27.6. The molecule has 4 nitrogen and oxygen atoms in total. The lowest BCUT2D eigenvalue weighted by Crippen LogP contribution is -2.54. The zero-order valence-electron chi connectivity index (χ0n) is 27.0. The number of rotatable bonds is 11. The molecule has 3 unspecified atom stereocenters. The molecule has 3 atom stereocenters. The van der Waals surface area contributed by atoms with Crippen LogP contribution in [0.25, 0.3) is 0 Å². The van der Waals surface area contributed by atoms with Gasteiger partial charge in [0.15, 0.2) is 0 Å². The highest BCUT2D eigenvalue weighted by molar-refractivity contribution is 5.74. The zero-order chi connectivity index (χ0) is 29.8. The molecule has 4 heteroatoms. The fourth-order valence-electron chi connectivity index (χ4n) is 5.25. The van der Waals surface area contributed by atoms with Gasteiger partial charge >= 0.3 is 5.97 Å². The lowest BCUT2D eigenvalue weighted by Gasteiger charge is -2.49. The van der Waals surface area contributed by atoms with E-state index in [2.05, 4.69) is 109 Å². The van der Waals surface area contributed by atoms with Crippen LogP contribution in [0.1, 0.15) is 120 Å². The summed E-state index contributed by atoms with van der Waals surface area (Å²) < 4.78 is 6.04. The van der Waals surface area contributed by atoms with Crippen LogP contribution in [0.5, 0.6) is 0 Å². The number of ether oxygens (including phenoxy) is 1. The van der Waals surface area contributed by atoms with Crippen molar-refractivity contribution in [1.82, 2.24) is 5.06 Å². The maximum atomic E-state index is 13.9. The molecule has 2 aromatic carbocycles. The summed E-state index contributed by atoms with van der Waals surface area (Å²) in [6, 6.07) is 21.1. The van der Waals surface area contributed by atoms with Gasteiger partial charge in [-0.1, -0.05) is 95.3 Å². The van der Waals surface area contributed by atoms with Crippen molar-refractivity contribution >= 4 is 5.97 Å². The molecule has 0 saturated carbocycles.